The Labute approximate surface area is 183 Å². The van der Waals surface area contributed by atoms with Crippen molar-refractivity contribution in [3.8, 4) is 0 Å². The molecule has 0 aliphatic carbocycles. The predicted molar refractivity (Wildman–Crippen MR) is 114 cm³/mol. The van der Waals surface area contributed by atoms with Crippen molar-refractivity contribution >= 4 is 63.9 Å². The van der Waals surface area contributed by atoms with Crippen LogP contribution in [0.4, 0.5) is 5.69 Å². The van der Waals surface area contributed by atoms with Crippen LogP contribution in [0.5, 0.6) is 0 Å². The maximum atomic E-state index is 13.1. The first kappa shape index (κ1) is 21.2. The molecular weight excluding hydrogens is 444 g/mol. The number of benzene rings is 2. The van der Waals surface area contributed by atoms with Gasteiger partial charge in [-0.25, -0.2) is 0 Å². The first-order valence-corrected chi connectivity index (χ1v) is 10.0. The largest absolute Gasteiger partial charge is 0.336 e. The zero-order valence-corrected chi connectivity index (χ0v) is 18.0. The van der Waals surface area contributed by atoms with Gasteiger partial charge < -0.3 is 15.1 Å². The molecule has 2 amide bonds. The van der Waals surface area contributed by atoms with Gasteiger partial charge in [0.25, 0.3) is 11.8 Å². The smallest absolute Gasteiger partial charge is 0.257 e. The lowest BCUT2D eigenvalue weighted by molar-refractivity contribution is 0.0665. The number of likely N-dealkylation sites (N-methyl/N-ethyl adjacent to an activating group) is 1. The minimum Gasteiger partial charge on any atom is -0.336 e. The second kappa shape index (κ2) is 8.89. The van der Waals surface area contributed by atoms with E-state index >= 15 is 0 Å². The van der Waals surface area contributed by atoms with E-state index < -0.39 is 5.91 Å². The Morgan fingerprint density at radius 3 is 2.14 bits per heavy atom. The van der Waals surface area contributed by atoms with E-state index in [1.807, 2.05) is 7.05 Å². The van der Waals surface area contributed by atoms with Crippen molar-refractivity contribution in [2.75, 3.05) is 38.5 Å². The maximum Gasteiger partial charge on any atom is 0.257 e. The molecule has 1 aliphatic heterocycles. The molecule has 1 N–H and O–H groups in total. The van der Waals surface area contributed by atoms with Gasteiger partial charge in [0, 0.05) is 36.2 Å². The molecule has 148 valence electrons. The van der Waals surface area contributed by atoms with E-state index in [2.05, 4.69) is 10.2 Å². The van der Waals surface area contributed by atoms with Gasteiger partial charge in [-0.2, -0.15) is 0 Å². The normalized spacial score (nSPS) is 14.8. The van der Waals surface area contributed by atoms with Crippen molar-refractivity contribution < 1.29 is 9.59 Å². The van der Waals surface area contributed by atoms with Crippen LogP contribution in [-0.2, 0) is 0 Å². The molecule has 5 nitrogen and oxygen atoms in total. The topological polar surface area (TPSA) is 52.6 Å². The lowest BCUT2D eigenvalue weighted by atomic mass is 10.1. The lowest BCUT2D eigenvalue weighted by Crippen LogP contribution is -2.47. The molecule has 0 spiro atoms. The Hall–Kier alpha value is -1.50. The Kier molecular flexibility index (Phi) is 6.73. The van der Waals surface area contributed by atoms with Gasteiger partial charge >= 0.3 is 0 Å². The van der Waals surface area contributed by atoms with E-state index in [0.717, 1.165) is 13.1 Å². The van der Waals surface area contributed by atoms with Crippen LogP contribution >= 0.6 is 46.4 Å². The Bertz CT molecular complexity index is 928. The van der Waals surface area contributed by atoms with Gasteiger partial charge in [-0.05, 0) is 37.4 Å². The van der Waals surface area contributed by atoms with Gasteiger partial charge in [-0.15, -0.1) is 0 Å². The quantitative estimate of drug-likeness (QED) is 0.705. The summed E-state index contributed by atoms with van der Waals surface area (Å²) in [5, 5.41) is 3.79. The van der Waals surface area contributed by atoms with Gasteiger partial charge in [0.1, 0.15) is 0 Å². The van der Waals surface area contributed by atoms with E-state index in [0.29, 0.717) is 23.1 Å². The van der Waals surface area contributed by atoms with Gasteiger partial charge in [-0.3, -0.25) is 9.59 Å². The average Bonchev–Trinajstić information content (AvgIpc) is 2.63. The minimum atomic E-state index is -0.502. The second-order valence-electron chi connectivity index (χ2n) is 6.48. The first-order chi connectivity index (χ1) is 13.3. The molecule has 1 heterocycles. The van der Waals surface area contributed by atoms with Crippen LogP contribution in [-0.4, -0.2) is 54.8 Å². The maximum absolute atomic E-state index is 13.1. The molecule has 1 fully saturated rings. The SMILES string of the molecule is CN1CCN(C(=O)c2cc(Cl)cc(Cl)c2NC(=O)c2ccc(Cl)cc2Cl)CC1. The monoisotopic (exact) mass is 459 g/mol. The standard InChI is InChI=1S/C19H17Cl4N3O2/c1-25-4-6-26(7-5-25)19(28)14-8-12(21)10-16(23)17(14)24-18(27)13-3-2-11(20)9-15(13)22/h2-3,8-10H,4-7H2,1H3,(H,24,27). The number of halogens is 4. The third-order valence-electron chi connectivity index (χ3n) is 4.49. The van der Waals surface area contributed by atoms with E-state index in [4.69, 9.17) is 46.4 Å². The van der Waals surface area contributed by atoms with Crippen molar-refractivity contribution in [3.63, 3.8) is 0 Å². The fraction of sp³-hybridized carbons (Fsp3) is 0.263. The van der Waals surface area contributed by atoms with E-state index in [1.54, 1.807) is 11.0 Å². The molecule has 0 radical (unpaired) electrons. The van der Waals surface area contributed by atoms with Crippen LogP contribution in [0.2, 0.25) is 20.1 Å². The van der Waals surface area contributed by atoms with Crippen LogP contribution in [0, 0.1) is 0 Å². The molecule has 9 heteroatoms. The number of nitrogens with zero attached hydrogens (tertiary/aromatic N) is 2. The number of hydrogen-bond acceptors (Lipinski definition) is 3. The molecule has 0 unspecified atom stereocenters. The highest BCUT2D eigenvalue weighted by atomic mass is 35.5. The molecule has 1 saturated heterocycles. The Morgan fingerprint density at radius 2 is 1.50 bits per heavy atom. The summed E-state index contributed by atoms with van der Waals surface area (Å²) in [5.74, 6) is -0.742. The summed E-state index contributed by atoms with van der Waals surface area (Å²) < 4.78 is 0. The highest BCUT2D eigenvalue weighted by Crippen LogP contribution is 2.32. The summed E-state index contributed by atoms with van der Waals surface area (Å²) in [7, 11) is 2.00. The molecule has 0 bridgehead atoms. The average molecular weight is 461 g/mol. The lowest BCUT2D eigenvalue weighted by Gasteiger charge is -2.33. The van der Waals surface area contributed by atoms with Crippen LogP contribution in [0.15, 0.2) is 30.3 Å². The van der Waals surface area contributed by atoms with E-state index in [9.17, 15) is 9.59 Å². The van der Waals surface area contributed by atoms with Crippen molar-refractivity contribution in [2.45, 2.75) is 0 Å². The van der Waals surface area contributed by atoms with E-state index in [-0.39, 0.29) is 32.8 Å². The summed E-state index contributed by atoms with van der Waals surface area (Å²) in [4.78, 5) is 29.6. The Balaban J connectivity index is 1.92. The number of carbonyl (C=O) groups is 2. The number of hydrogen-bond donors (Lipinski definition) is 1. The minimum absolute atomic E-state index is 0.170. The third kappa shape index (κ3) is 4.73. The summed E-state index contributed by atoms with van der Waals surface area (Å²) in [5.41, 5.74) is 0.654. The third-order valence-corrected chi connectivity index (χ3v) is 5.55. The van der Waals surface area contributed by atoms with Crippen molar-refractivity contribution in [3.05, 3.63) is 61.5 Å². The fourth-order valence-electron chi connectivity index (χ4n) is 2.90. The Morgan fingerprint density at radius 1 is 0.857 bits per heavy atom. The molecule has 0 aromatic heterocycles. The zero-order valence-electron chi connectivity index (χ0n) is 14.9. The van der Waals surface area contributed by atoms with Gasteiger partial charge in [-0.1, -0.05) is 46.4 Å². The van der Waals surface area contributed by atoms with Crippen molar-refractivity contribution in [1.82, 2.24) is 9.80 Å². The molecule has 1 aliphatic rings. The molecular formula is C19H17Cl4N3O2. The van der Waals surface area contributed by atoms with Crippen LogP contribution in [0.25, 0.3) is 0 Å². The molecule has 0 atom stereocenters. The van der Waals surface area contributed by atoms with Gasteiger partial charge in [0.05, 0.1) is 26.9 Å². The number of piperazine rings is 1. The summed E-state index contributed by atoms with van der Waals surface area (Å²) in [6.45, 7) is 2.69. The fourth-order valence-corrected chi connectivity index (χ4v) is 3.94. The second-order valence-corrected chi connectivity index (χ2v) is 8.17. The summed E-state index contributed by atoms with van der Waals surface area (Å²) in [6, 6.07) is 7.52. The molecule has 0 saturated carbocycles. The summed E-state index contributed by atoms with van der Waals surface area (Å²) >= 11 is 24.4. The summed E-state index contributed by atoms with van der Waals surface area (Å²) in [6.07, 6.45) is 0. The molecule has 2 aromatic carbocycles. The molecule has 3 rings (SSSR count). The molecule has 2 aromatic rings. The van der Waals surface area contributed by atoms with Crippen LogP contribution < -0.4 is 5.32 Å². The highest BCUT2D eigenvalue weighted by Gasteiger charge is 2.25. The predicted octanol–water partition coefficient (Wildman–Crippen LogP) is 4.94. The van der Waals surface area contributed by atoms with E-state index in [1.165, 1.54) is 24.3 Å². The van der Waals surface area contributed by atoms with Crippen LogP contribution in [0.3, 0.4) is 0 Å². The van der Waals surface area contributed by atoms with Gasteiger partial charge in [0.2, 0.25) is 0 Å². The number of nitrogens with one attached hydrogen (secondary N) is 1. The first-order valence-electron chi connectivity index (χ1n) is 8.49. The van der Waals surface area contributed by atoms with Crippen molar-refractivity contribution in [1.29, 1.82) is 0 Å². The highest BCUT2D eigenvalue weighted by molar-refractivity contribution is 6.39. The van der Waals surface area contributed by atoms with Crippen LogP contribution in [0.1, 0.15) is 20.7 Å². The number of carbonyl (C=O) groups excluding carboxylic acids is 2. The zero-order chi connectivity index (χ0) is 20.4. The number of anilines is 1. The number of amides is 2. The van der Waals surface area contributed by atoms with Gasteiger partial charge in [0.15, 0.2) is 0 Å². The number of rotatable bonds is 3. The molecule has 28 heavy (non-hydrogen) atoms. The van der Waals surface area contributed by atoms with Crippen molar-refractivity contribution in [2.24, 2.45) is 0 Å².